The van der Waals surface area contributed by atoms with E-state index in [0.717, 1.165) is 10.9 Å². The molecule has 108 valence electrons. The van der Waals surface area contributed by atoms with Crippen LogP contribution in [-0.4, -0.2) is 25.1 Å². The Bertz CT molecular complexity index is 999. The second kappa shape index (κ2) is 4.81. The van der Waals surface area contributed by atoms with Gasteiger partial charge in [0.15, 0.2) is 0 Å². The van der Waals surface area contributed by atoms with Crippen molar-refractivity contribution in [1.29, 1.82) is 0 Å². The molecule has 3 N–H and O–H groups in total. The largest absolute Gasteiger partial charge is 0.436 e. The van der Waals surface area contributed by atoms with Crippen LogP contribution in [0.25, 0.3) is 21.8 Å². The Balaban J connectivity index is 1.91. The van der Waals surface area contributed by atoms with Gasteiger partial charge in [0.05, 0.1) is 22.5 Å². The number of hydrogen-bond donors (Lipinski definition) is 2. The zero-order valence-corrected chi connectivity index (χ0v) is 11.9. The first-order valence-electron chi connectivity index (χ1n) is 6.39. The number of benzene rings is 1. The number of ether oxygens (including phenoxy) is 1. The van der Waals surface area contributed by atoms with E-state index in [1.165, 1.54) is 6.33 Å². The third kappa shape index (κ3) is 1.99. The molecule has 3 heterocycles. The minimum absolute atomic E-state index is 0.253. The maximum atomic E-state index is 6.04. The van der Waals surface area contributed by atoms with Crippen LogP contribution in [0, 0.1) is 0 Å². The van der Waals surface area contributed by atoms with Gasteiger partial charge in [0.25, 0.3) is 0 Å². The molecule has 0 saturated heterocycles. The Morgan fingerprint density at radius 2 is 2.09 bits per heavy atom. The Morgan fingerprint density at radius 3 is 3.00 bits per heavy atom. The fourth-order valence-corrected chi connectivity index (χ4v) is 2.41. The van der Waals surface area contributed by atoms with Crippen molar-refractivity contribution < 1.29 is 4.74 Å². The molecule has 0 fully saturated rings. The first-order valence-corrected chi connectivity index (χ1v) is 6.77. The average Bonchev–Trinajstić information content (AvgIpc) is 2.98. The molecule has 0 atom stereocenters. The molecule has 22 heavy (non-hydrogen) atoms. The van der Waals surface area contributed by atoms with Crippen LogP contribution in [0.2, 0.25) is 5.15 Å². The van der Waals surface area contributed by atoms with E-state index in [4.69, 9.17) is 22.1 Å². The van der Waals surface area contributed by atoms with Gasteiger partial charge < -0.3 is 10.5 Å². The summed E-state index contributed by atoms with van der Waals surface area (Å²) in [5.74, 6) is 1.19. The van der Waals surface area contributed by atoms with Gasteiger partial charge in [-0.05, 0) is 18.2 Å². The number of anilines is 1. The summed E-state index contributed by atoms with van der Waals surface area (Å²) in [5, 5.41) is 8.56. The summed E-state index contributed by atoms with van der Waals surface area (Å²) < 4.78 is 5.90. The molecule has 0 aliphatic heterocycles. The van der Waals surface area contributed by atoms with Gasteiger partial charge in [0.1, 0.15) is 28.6 Å². The van der Waals surface area contributed by atoms with Crippen molar-refractivity contribution in [2.45, 2.75) is 0 Å². The Morgan fingerprint density at radius 1 is 1.18 bits per heavy atom. The number of H-pyrrole nitrogens is 1. The number of fused-ring (bicyclic) bond motifs is 2. The average molecular weight is 313 g/mol. The van der Waals surface area contributed by atoms with E-state index in [-0.39, 0.29) is 11.0 Å². The fraction of sp³-hybridized carbons (Fsp3) is 0. The number of nitrogens with zero attached hydrogens (tertiary/aromatic N) is 4. The maximum absolute atomic E-state index is 6.04. The standard InChI is InChI=1S/C14H9ClN6O/c15-11-4-7-12(17-6-18-13(7)16)14(20-11)22-10-3-1-2-9-8(10)5-19-21-9/h1-6H,(H,19,21)(H2,16,17,18). The maximum Gasteiger partial charge on any atom is 0.247 e. The summed E-state index contributed by atoms with van der Waals surface area (Å²) in [5.41, 5.74) is 7.21. The Hall–Kier alpha value is -2.93. The van der Waals surface area contributed by atoms with Gasteiger partial charge in [0, 0.05) is 0 Å². The zero-order valence-electron chi connectivity index (χ0n) is 11.1. The summed E-state index contributed by atoms with van der Waals surface area (Å²) >= 11 is 6.04. The highest BCUT2D eigenvalue weighted by atomic mass is 35.5. The minimum Gasteiger partial charge on any atom is -0.436 e. The van der Waals surface area contributed by atoms with Gasteiger partial charge in [-0.15, -0.1) is 0 Å². The molecule has 0 amide bonds. The number of aromatic nitrogens is 5. The molecule has 0 bridgehead atoms. The topological polar surface area (TPSA) is 103 Å². The lowest BCUT2D eigenvalue weighted by atomic mass is 10.2. The van der Waals surface area contributed by atoms with Crippen molar-refractivity contribution in [2.75, 3.05) is 5.73 Å². The summed E-state index contributed by atoms with van der Waals surface area (Å²) in [6.45, 7) is 0. The number of halogens is 1. The molecule has 3 aromatic heterocycles. The SMILES string of the molecule is Nc1ncnc2c(Oc3cccc4[nH]ncc34)nc(Cl)cc12. The van der Waals surface area contributed by atoms with E-state index in [9.17, 15) is 0 Å². The van der Waals surface area contributed by atoms with Gasteiger partial charge in [-0.2, -0.15) is 10.1 Å². The second-order valence-electron chi connectivity index (χ2n) is 4.59. The summed E-state index contributed by atoms with van der Waals surface area (Å²) in [6.07, 6.45) is 3.04. The highest BCUT2D eigenvalue weighted by molar-refractivity contribution is 6.30. The third-order valence-corrected chi connectivity index (χ3v) is 3.43. The molecule has 0 radical (unpaired) electrons. The number of pyridine rings is 1. The van der Waals surface area contributed by atoms with E-state index < -0.39 is 0 Å². The minimum atomic E-state index is 0.253. The first kappa shape index (κ1) is 12.8. The van der Waals surface area contributed by atoms with Crippen molar-refractivity contribution in [2.24, 2.45) is 0 Å². The van der Waals surface area contributed by atoms with Crippen molar-refractivity contribution >= 4 is 39.2 Å². The molecule has 0 spiro atoms. The quantitative estimate of drug-likeness (QED) is 0.552. The van der Waals surface area contributed by atoms with E-state index in [1.807, 2.05) is 18.2 Å². The normalized spacial score (nSPS) is 11.1. The number of nitrogens with one attached hydrogen (secondary N) is 1. The molecule has 4 aromatic rings. The van der Waals surface area contributed by atoms with Crippen molar-refractivity contribution in [3.05, 3.63) is 41.9 Å². The zero-order chi connectivity index (χ0) is 15.1. The summed E-state index contributed by atoms with van der Waals surface area (Å²) in [4.78, 5) is 12.3. The van der Waals surface area contributed by atoms with Gasteiger partial charge >= 0.3 is 0 Å². The molecule has 8 heteroatoms. The number of rotatable bonds is 2. The number of nitrogens with two attached hydrogens (primary N) is 1. The van der Waals surface area contributed by atoms with Crippen LogP contribution >= 0.6 is 11.6 Å². The molecular weight excluding hydrogens is 304 g/mol. The van der Waals surface area contributed by atoms with Gasteiger partial charge in [-0.1, -0.05) is 17.7 Å². The van der Waals surface area contributed by atoms with Crippen molar-refractivity contribution in [1.82, 2.24) is 25.1 Å². The van der Waals surface area contributed by atoms with Crippen molar-refractivity contribution in [3.63, 3.8) is 0 Å². The number of nitrogen functional groups attached to an aromatic ring is 1. The first-order chi connectivity index (χ1) is 10.7. The van der Waals surface area contributed by atoms with E-state index >= 15 is 0 Å². The predicted molar refractivity (Wildman–Crippen MR) is 82.9 cm³/mol. The van der Waals surface area contributed by atoms with Gasteiger partial charge in [-0.25, -0.2) is 9.97 Å². The van der Waals surface area contributed by atoms with Crippen LogP contribution in [0.4, 0.5) is 5.82 Å². The lowest BCUT2D eigenvalue weighted by Gasteiger charge is -2.09. The van der Waals surface area contributed by atoms with Crippen LogP contribution in [0.3, 0.4) is 0 Å². The second-order valence-corrected chi connectivity index (χ2v) is 4.98. The third-order valence-electron chi connectivity index (χ3n) is 3.24. The highest BCUT2D eigenvalue weighted by Crippen LogP contribution is 2.33. The number of aromatic amines is 1. The molecule has 0 unspecified atom stereocenters. The van der Waals surface area contributed by atoms with Crippen molar-refractivity contribution in [3.8, 4) is 11.6 Å². The van der Waals surface area contributed by atoms with E-state index in [2.05, 4.69) is 25.1 Å². The molecule has 0 aliphatic carbocycles. The number of hydrogen-bond acceptors (Lipinski definition) is 6. The van der Waals surface area contributed by atoms with E-state index in [1.54, 1.807) is 12.3 Å². The van der Waals surface area contributed by atoms with Gasteiger partial charge in [0.2, 0.25) is 5.88 Å². The molecule has 1 aromatic carbocycles. The van der Waals surface area contributed by atoms with Crippen LogP contribution in [0.15, 0.2) is 36.8 Å². The monoisotopic (exact) mass is 312 g/mol. The van der Waals surface area contributed by atoms with Crippen LogP contribution < -0.4 is 10.5 Å². The van der Waals surface area contributed by atoms with Gasteiger partial charge in [-0.3, -0.25) is 5.10 Å². The Kier molecular flexibility index (Phi) is 2.80. The molecule has 4 rings (SSSR count). The van der Waals surface area contributed by atoms with Crippen LogP contribution in [0.5, 0.6) is 11.6 Å². The smallest absolute Gasteiger partial charge is 0.247 e. The molecular formula is C14H9ClN6O. The summed E-state index contributed by atoms with van der Waals surface area (Å²) in [6, 6.07) is 7.18. The fourth-order valence-electron chi connectivity index (χ4n) is 2.23. The Labute approximate surface area is 129 Å². The lowest BCUT2D eigenvalue weighted by molar-refractivity contribution is 0.473. The summed E-state index contributed by atoms with van der Waals surface area (Å²) in [7, 11) is 0. The van der Waals surface area contributed by atoms with Crippen LogP contribution in [-0.2, 0) is 0 Å². The highest BCUT2D eigenvalue weighted by Gasteiger charge is 2.13. The van der Waals surface area contributed by atoms with E-state index in [0.29, 0.717) is 22.5 Å². The lowest BCUT2D eigenvalue weighted by Crippen LogP contribution is -1.97. The molecule has 0 aliphatic rings. The predicted octanol–water partition coefficient (Wildman–Crippen LogP) is 2.93. The molecule has 7 nitrogen and oxygen atoms in total. The molecule has 0 saturated carbocycles. The van der Waals surface area contributed by atoms with Crippen LogP contribution in [0.1, 0.15) is 0 Å².